The van der Waals surface area contributed by atoms with Gasteiger partial charge in [0.05, 0.1) is 5.56 Å². The lowest BCUT2D eigenvalue weighted by Crippen LogP contribution is -1.96. The molecular weight excluding hydrogens is 328 g/mol. The molecule has 0 aliphatic rings. The van der Waals surface area contributed by atoms with Crippen LogP contribution in [0.1, 0.15) is 26.3 Å². The molecule has 4 nitrogen and oxygen atoms in total. The third-order valence-electron chi connectivity index (χ3n) is 3.97. The fourth-order valence-corrected chi connectivity index (χ4v) is 2.54. The van der Waals surface area contributed by atoms with Gasteiger partial charge in [0.15, 0.2) is 5.78 Å². The zero-order chi connectivity index (χ0) is 18.5. The Kier molecular flexibility index (Phi) is 4.94. The number of carbonyl (C=O) groups excluding carboxylic acids is 1. The van der Waals surface area contributed by atoms with Crippen molar-refractivity contribution >= 4 is 17.8 Å². The lowest BCUT2D eigenvalue weighted by atomic mass is 10.0. The molecule has 0 aromatic heterocycles. The van der Waals surface area contributed by atoms with Gasteiger partial charge in [-0.15, -0.1) is 0 Å². The topological polar surface area (TPSA) is 74.6 Å². The minimum absolute atomic E-state index is 0.0116. The molecule has 4 heteroatoms. The summed E-state index contributed by atoms with van der Waals surface area (Å²) in [4.78, 5) is 23.2. The lowest BCUT2D eigenvalue weighted by Gasteiger charge is -2.03. The van der Waals surface area contributed by atoms with E-state index in [1.54, 1.807) is 12.1 Å². The maximum Gasteiger partial charge on any atom is 0.335 e. The van der Waals surface area contributed by atoms with Crippen molar-refractivity contribution < 1.29 is 19.8 Å². The summed E-state index contributed by atoms with van der Waals surface area (Å²) >= 11 is 0. The second-order valence-corrected chi connectivity index (χ2v) is 5.72. The summed E-state index contributed by atoms with van der Waals surface area (Å²) in [6.07, 6.45) is 2.82. The molecule has 0 bridgehead atoms. The highest BCUT2D eigenvalue weighted by Gasteiger charge is 2.07. The number of phenolic OH excluding ortho intramolecular Hbond substituents is 1. The molecule has 3 aromatic rings. The fourth-order valence-electron chi connectivity index (χ4n) is 2.54. The number of allylic oxidation sites excluding steroid dienone is 1. The molecule has 26 heavy (non-hydrogen) atoms. The molecule has 3 rings (SSSR count). The zero-order valence-corrected chi connectivity index (χ0v) is 13.8. The van der Waals surface area contributed by atoms with Crippen LogP contribution in [0.2, 0.25) is 0 Å². The molecule has 0 heterocycles. The van der Waals surface area contributed by atoms with Gasteiger partial charge < -0.3 is 10.2 Å². The Labute approximate surface area is 150 Å². The van der Waals surface area contributed by atoms with E-state index in [4.69, 9.17) is 5.11 Å². The van der Waals surface area contributed by atoms with Gasteiger partial charge in [0.25, 0.3) is 0 Å². The molecule has 0 saturated carbocycles. The smallest absolute Gasteiger partial charge is 0.335 e. The summed E-state index contributed by atoms with van der Waals surface area (Å²) < 4.78 is 0. The first-order valence-corrected chi connectivity index (χ1v) is 7.99. The zero-order valence-electron chi connectivity index (χ0n) is 13.8. The molecule has 128 valence electrons. The van der Waals surface area contributed by atoms with E-state index in [9.17, 15) is 14.7 Å². The Hall–Kier alpha value is -3.66. The van der Waals surface area contributed by atoms with Crippen LogP contribution in [0.3, 0.4) is 0 Å². The van der Waals surface area contributed by atoms with Crippen molar-refractivity contribution in [2.75, 3.05) is 0 Å². The van der Waals surface area contributed by atoms with Crippen molar-refractivity contribution in [2.45, 2.75) is 0 Å². The highest BCUT2D eigenvalue weighted by atomic mass is 16.4. The van der Waals surface area contributed by atoms with Crippen LogP contribution in [-0.2, 0) is 0 Å². The molecule has 3 aromatic carbocycles. The lowest BCUT2D eigenvalue weighted by molar-refractivity contribution is 0.0696. The van der Waals surface area contributed by atoms with E-state index in [0.717, 1.165) is 17.2 Å². The van der Waals surface area contributed by atoms with Crippen LogP contribution in [0.4, 0.5) is 0 Å². The molecule has 0 radical (unpaired) electrons. The van der Waals surface area contributed by atoms with Gasteiger partial charge in [-0.3, -0.25) is 4.79 Å². The van der Waals surface area contributed by atoms with E-state index in [1.165, 1.54) is 24.3 Å². The van der Waals surface area contributed by atoms with Crippen LogP contribution in [-0.4, -0.2) is 22.0 Å². The standard InChI is InChI=1S/C22H16O4/c23-20(13-12-18-10-11-19(22(25)26)14-21(18)24)17-8-6-16(7-9-17)15-4-2-1-3-5-15/h1-14,24H,(H,25,26). The van der Waals surface area contributed by atoms with Crippen molar-refractivity contribution in [3.8, 4) is 16.9 Å². The molecule has 0 amide bonds. The number of carboxylic acid groups (broad SMARTS) is 1. The monoisotopic (exact) mass is 344 g/mol. The Balaban J connectivity index is 1.76. The van der Waals surface area contributed by atoms with Gasteiger partial charge in [-0.1, -0.05) is 60.7 Å². The van der Waals surface area contributed by atoms with Crippen molar-refractivity contribution in [3.63, 3.8) is 0 Å². The van der Waals surface area contributed by atoms with E-state index < -0.39 is 5.97 Å². The predicted octanol–water partition coefficient (Wildman–Crippen LogP) is 4.65. The van der Waals surface area contributed by atoms with E-state index in [1.807, 2.05) is 42.5 Å². The van der Waals surface area contributed by atoms with Crippen molar-refractivity contribution in [1.29, 1.82) is 0 Å². The van der Waals surface area contributed by atoms with Gasteiger partial charge in [-0.05, 0) is 35.4 Å². The second kappa shape index (κ2) is 7.49. The number of carboxylic acids is 1. The molecule has 0 unspecified atom stereocenters. The average molecular weight is 344 g/mol. The highest BCUT2D eigenvalue weighted by Crippen LogP contribution is 2.22. The number of rotatable bonds is 5. The number of hydrogen-bond donors (Lipinski definition) is 2. The van der Waals surface area contributed by atoms with Gasteiger partial charge in [0.1, 0.15) is 5.75 Å². The van der Waals surface area contributed by atoms with E-state index in [2.05, 4.69) is 0 Å². The van der Waals surface area contributed by atoms with Crippen LogP contribution in [0, 0.1) is 0 Å². The minimum atomic E-state index is -1.12. The Morgan fingerprint density at radius 2 is 1.38 bits per heavy atom. The molecule has 0 atom stereocenters. The van der Waals surface area contributed by atoms with Gasteiger partial charge >= 0.3 is 5.97 Å². The largest absolute Gasteiger partial charge is 0.507 e. The Morgan fingerprint density at radius 3 is 2.00 bits per heavy atom. The fraction of sp³-hybridized carbons (Fsp3) is 0. The predicted molar refractivity (Wildman–Crippen MR) is 100 cm³/mol. The number of carbonyl (C=O) groups is 2. The number of benzene rings is 3. The molecule has 0 aliphatic heterocycles. The number of hydrogen-bond acceptors (Lipinski definition) is 3. The molecule has 0 spiro atoms. The summed E-state index contributed by atoms with van der Waals surface area (Å²) in [6, 6.07) is 21.1. The summed E-state index contributed by atoms with van der Waals surface area (Å²) in [5.74, 6) is -1.51. The number of aromatic hydroxyl groups is 1. The molecule has 0 saturated heterocycles. The summed E-state index contributed by atoms with van der Waals surface area (Å²) in [5.41, 5.74) is 2.99. The minimum Gasteiger partial charge on any atom is -0.507 e. The SMILES string of the molecule is O=C(O)c1ccc(C=CC(=O)c2ccc(-c3ccccc3)cc2)c(O)c1. The number of ketones is 1. The van der Waals surface area contributed by atoms with E-state index in [0.29, 0.717) is 11.1 Å². The van der Waals surface area contributed by atoms with Crippen LogP contribution >= 0.6 is 0 Å². The second-order valence-electron chi connectivity index (χ2n) is 5.72. The highest BCUT2D eigenvalue weighted by molar-refractivity contribution is 6.07. The van der Waals surface area contributed by atoms with Crippen molar-refractivity contribution in [2.24, 2.45) is 0 Å². The van der Waals surface area contributed by atoms with Crippen LogP contribution < -0.4 is 0 Å². The molecule has 2 N–H and O–H groups in total. The quantitative estimate of drug-likeness (QED) is 0.522. The molecular formula is C22H16O4. The van der Waals surface area contributed by atoms with Gasteiger partial charge in [-0.2, -0.15) is 0 Å². The first-order valence-electron chi connectivity index (χ1n) is 7.99. The van der Waals surface area contributed by atoms with Crippen molar-refractivity contribution in [3.05, 3.63) is 95.6 Å². The Bertz CT molecular complexity index is 971. The van der Waals surface area contributed by atoms with Crippen LogP contribution in [0.15, 0.2) is 78.9 Å². The summed E-state index contributed by atoms with van der Waals surface area (Å²) in [7, 11) is 0. The third-order valence-corrected chi connectivity index (χ3v) is 3.97. The summed E-state index contributed by atoms with van der Waals surface area (Å²) in [6.45, 7) is 0. The van der Waals surface area contributed by atoms with Crippen molar-refractivity contribution in [1.82, 2.24) is 0 Å². The number of phenols is 1. The van der Waals surface area contributed by atoms with Gasteiger partial charge in [0.2, 0.25) is 0 Å². The van der Waals surface area contributed by atoms with E-state index >= 15 is 0 Å². The molecule has 0 fully saturated rings. The van der Waals surface area contributed by atoms with E-state index in [-0.39, 0.29) is 17.1 Å². The van der Waals surface area contributed by atoms with Gasteiger partial charge in [-0.25, -0.2) is 4.79 Å². The average Bonchev–Trinajstić information content (AvgIpc) is 2.67. The Morgan fingerprint density at radius 1 is 0.769 bits per heavy atom. The first-order chi connectivity index (χ1) is 12.5. The molecule has 0 aliphatic carbocycles. The number of aromatic carboxylic acids is 1. The normalized spacial score (nSPS) is 10.8. The van der Waals surface area contributed by atoms with Gasteiger partial charge in [0, 0.05) is 11.1 Å². The van der Waals surface area contributed by atoms with Crippen LogP contribution in [0.5, 0.6) is 5.75 Å². The summed E-state index contributed by atoms with van der Waals surface area (Å²) in [5, 5.41) is 18.7. The maximum absolute atomic E-state index is 12.3. The third kappa shape index (κ3) is 3.87. The maximum atomic E-state index is 12.3. The van der Waals surface area contributed by atoms with Crippen LogP contribution in [0.25, 0.3) is 17.2 Å². The first kappa shape index (κ1) is 17.2.